The van der Waals surface area contributed by atoms with Gasteiger partial charge in [0, 0.05) is 31.1 Å². The number of nitrogens with two attached hydrogens (primary N) is 1. The van der Waals surface area contributed by atoms with Crippen molar-refractivity contribution in [2.24, 2.45) is 0 Å². The van der Waals surface area contributed by atoms with E-state index in [4.69, 9.17) is 17.3 Å². The standard InChI is InChI=1S/C13H20ClN3O3S/c1-3-17(4-2)13(18)7-8-16-21(19,20)12-9-10(14)5-6-11(12)15/h5-6,9,16H,3-4,7-8,15H2,1-2H3. The highest BCUT2D eigenvalue weighted by Gasteiger charge is 2.18. The second kappa shape index (κ2) is 7.63. The number of carbonyl (C=O) groups excluding carboxylic acids is 1. The highest BCUT2D eigenvalue weighted by molar-refractivity contribution is 7.89. The molecule has 1 aromatic carbocycles. The molecule has 1 aromatic rings. The number of sulfonamides is 1. The summed E-state index contributed by atoms with van der Waals surface area (Å²) in [5.74, 6) is -0.0956. The first-order valence-electron chi connectivity index (χ1n) is 6.64. The van der Waals surface area contributed by atoms with Crippen molar-refractivity contribution in [3.63, 3.8) is 0 Å². The van der Waals surface area contributed by atoms with Crippen LogP contribution in [0.1, 0.15) is 20.3 Å². The van der Waals surface area contributed by atoms with Gasteiger partial charge in [-0.2, -0.15) is 0 Å². The normalized spacial score (nSPS) is 11.4. The largest absolute Gasteiger partial charge is 0.398 e. The summed E-state index contributed by atoms with van der Waals surface area (Å²) in [5, 5.41) is 0.281. The van der Waals surface area contributed by atoms with Gasteiger partial charge in [0.15, 0.2) is 0 Å². The lowest BCUT2D eigenvalue weighted by atomic mass is 10.3. The summed E-state index contributed by atoms with van der Waals surface area (Å²) in [4.78, 5) is 13.4. The van der Waals surface area contributed by atoms with Gasteiger partial charge < -0.3 is 10.6 Å². The Morgan fingerprint density at radius 1 is 1.33 bits per heavy atom. The lowest BCUT2D eigenvalue weighted by Gasteiger charge is -2.18. The van der Waals surface area contributed by atoms with Gasteiger partial charge in [-0.25, -0.2) is 13.1 Å². The molecule has 0 bridgehead atoms. The highest BCUT2D eigenvalue weighted by atomic mass is 35.5. The molecular weight excluding hydrogens is 314 g/mol. The van der Waals surface area contributed by atoms with Crippen LogP contribution in [-0.2, 0) is 14.8 Å². The predicted octanol–water partition coefficient (Wildman–Crippen LogP) is 1.46. The van der Waals surface area contributed by atoms with Gasteiger partial charge in [0.05, 0.1) is 5.69 Å². The van der Waals surface area contributed by atoms with E-state index >= 15 is 0 Å². The summed E-state index contributed by atoms with van der Waals surface area (Å²) in [6.45, 7) is 4.97. The molecule has 8 heteroatoms. The first-order valence-corrected chi connectivity index (χ1v) is 8.50. The van der Waals surface area contributed by atoms with E-state index < -0.39 is 10.0 Å². The van der Waals surface area contributed by atoms with E-state index in [1.54, 1.807) is 4.90 Å². The number of anilines is 1. The zero-order valence-corrected chi connectivity index (χ0v) is 13.7. The first-order chi connectivity index (χ1) is 9.81. The monoisotopic (exact) mass is 333 g/mol. The number of halogens is 1. The van der Waals surface area contributed by atoms with Crippen molar-refractivity contribution < 1.29 is 13.2 Å². The minimum Gasteiger partial charge on any atom is -0.398 e. The number of nitrogens with zero attached hydrogens (tertiary/aromatic N) is 1. The summed E-state index contributed by atoms with van der Waals surface area (Å²) in [7, 11) is -3.78. The quantitative estimate of drug-likeness (QED) is 0.739. The van der Waals surface area contributed by atoms with E-state index in [-0.39, 0.29) is 34.5 Å². The number of benzene rings is 1. The Balaban J connectivity index is 2.70. The molecule has 3 N–H and O–H groups in total. The molecule has 0 saturated heterocycles. The SMILES string of the molecule is CCN(CC)C(=O)CCNS(=O)(=O)c1cc(Cl)ccc1N. The Labute approximate surface area is 130 Å². The van der Waals surface area contributed by atoms with Crippen molar-refractivity contribution in [1.29, 1.82) is 0 Å². The Bertz CT molecular complexity index is 601. The fourth-order valence-electron chi connectivity index (χ4n) is 1.85. The van der Waals surface area contributed by atoms with Crippen LogP contribution in [0.4, 0.5) is 5.69 Å². The molecule has 0 aromatic heterocycles. The molecule has 1 amide bonds. The van der Waals surface area contributed by atoms with Crippen molar-refractivity contribution in [3.8, 4) is 0 Å². The molecule has 0 heterocycles. The average molecular weight is 334 g/mol. The molecule has 6 nitrogen and oxygen atoms in total. The molecular formula is C13H20ClN3O3S. The van der Waals surface area contributed by atoms with Gasteiger partial charge in [-0.15, -0.1) is 0 Å². The molecule has 0 spiro atoms. The Kier molecular flexibility index (Phi) is 6.44. The minimum absolute atomic E-state index is 0.0175. The van der Waals surface area contributed by atoms with Crippen molar-refractivity contribution in [2.75, 3.05) is 25.4 Å². The maximum Gasteiger partial charge on any atom is 0.242 e. The maximum absolute atomic E-state index is 12.1. The van der Waals surface area contributed by atoms with E-state index in [0.29, 0.717) is 13.1 Å². The minimum atomic E-state index is -3.78. The topological polar surface area (TPSA) is 92.5 Å². The molecule has 21 heavy (non-hydrogen) atoms. The van der Waals surface area contributed by atoms with Crippen molar-refractivity contribution in [2.45, 2.75) is 25.2 Å². The smallest absolute Gasteiger partial charge is 0.242 e. The van der Waals surface area contributed by atoms with Crippen LogP contribution < -0.4 is 10.5 Å². The van der Waals surface area contributed by atoms with Crippen LogP contribution in [0.5, 0.6) is 0 Å². The van der Waals surface area contributed by atoms with Crippen molar-refractivity contribution in [3.05, 3.63) is 23.2 Å². The van der Waals surface area contributed by atoms with Gasteiger partial charge >= 0.3 is 0 Å². The fraction of sp³-hybridized carbons (Fsp3) is 0.462. The van der Waals surface area contributed by atoms with Gasteiger partial charge in [0.2, 0.25) is 15.9 Å². The second-order valence-corrected chi connectivity index (χ2v) is 6.57. The van der Waals surface area contributed by atoms with Crippen LogP contribution in [0.3, 0.4) is 0 Å². The molecule has 0 radical (unpaired) electrons. The zero-order chi connectivity index (χ0) is 16.0. The van der Waals surface area contributed by atoms with Gasteiger partial charge in [0.1, 0.15) is 4.90 Å². The van der Waals surface area contributed by atoms with Crippen molar-refractivity contribution >= 4 is 33.2 Å². The molecule has 0 aliphatic heterocycles. The molecule has 0 fully saturated rings. The van der Waals surface area contributed by atoms with Gasteiger partial charge in [-0.3, -0.25) is 4.79 Å². The predicted molar refractivity (Wildman–Crippen MR) is 83.6 cm³/mol. The van der Waals surface area contributed by atoms with Gasteiger partial charge in [-0.05, 0) is 32.0 Å². The Hall–Kier alpha value is -1.31. The summed E-state index contributed by atoms with van der Waals surface area (Å²) in [5.41, 5.74) is 5.76. The summed E-state index contributed by atoms with van der Waals surface area (Å²) in [6.07, 6.45) is 0.0986. The van der Waals surface area contributed by atoms with E-state index in [1.165, 1.54) is 18.2 Å². The Morgan fingerprint density at radius 2 is 1.95 bits per heavy atom. The number of nitrogen functional groups attached to an aromatic ring is 1. The molecule has 0 atom stereocenters. The van der Waals surface area contributed by atoms with Crippen LogP contribution in [0.2, 0.25) is 5.02 Å². The number of carbonyl (C=O) groups is 1. The number of nitrogens with one attached hydrogen (secondary N) is 1. The summed E-state index contributed by atoms with van der Waals surface area (Å²) in [6, 6.07) is 4.23. The summed E-state index contributed by atoms with van der Waals surface area (Å²) < 4.78 is 26.6. The number of hydrogen-bond acceptors (Lipinski definition) is 4. The number of rotatable bonds is 7. The van der Waals surface area contributed by atoms with Crippen LogP contribution in [0.15, 0.2) is 23.1 Å². The van der Waals surface area contributed by atoms with Crippen LogP contribution in [0.25, 0.3) is 0 Å². The number of amides is 1. The Morgan fingerprint density at radius 3 is 2.52 bits per heavy atom. The van der Waals surface area contributed by atoms with E-state index in [9.17, 15) is 13.2 Å². The van der Waals surface area contributed by atoms with Crippen molar-refractivity contribution in [1.82, 2.24) is 9.62 Å². The first kappa shape index (κ1) is 17.7. The molecule has 1 rings (SSSR count). The third-order valence-electron chi connectivity index (χ3n) is 3.01. The van der Waals surface area contributed by atoms with E-state index in [2.05, 4.69) is 4.72 Å². The van der Waals surface area contributed by atoms with Crippen LogP contribution >= 0.6 is 11.6 Å². The van der Waals surface area contributed by atoms with E-state index in [0.717, 1.165) is 0 Å². The van der Waals surface area contributed by atoms with Crippen LogP contribution in [0, 0.1) is 0 Å². The van der Waals surface area contributed by atoms with E-state index in [1.807, 2.05) is 13.8 Å². The third kappa shape index (κ3) is 4.87. The second-order valence-electron chi connectivity index (χ2n) is 4.40. The van der Waals surface area contributed by atoms with Gasteiger partial charge in [-0.1, -0.05) is 11.6 Å². The summed E-state index contributed by atoms with van der Waals surface area (Å²) >= 11 is 5.78. The molecule has 0 saturated carbocycles. The third-order valence-corrected chi connectivity index (χ3v) is 4.76. The maximum atomic E-state index is 12.1. The zero-order valence-electron chi connectivity index (χ0n) is 12.1. The van der Waals surface area contributed by atoms with Gasteiger partial charge in [0.25, 0.3) is 0 Å². The number of hydrogen-bond donors (Lipinski definition) is 2. The lowest BCUT2D eigenvalue weighted by Crippen LogP contribution is -2.34. The highest BCUT2D eigenvalue weighted by Crippen LogP contribution is 2.22. The molecule has 0 aliphatic carbocycles. The molecule has 118 valence electrons. The van der Waals surface area contributed by atoms with Crippen LogP contribution in [-0.4, -0.2) is 38.9 Å². The molecule has 0 aliphatic rings. The lowest BCUT2D eigenvalue weighted by molar-refractivity contribution is -0.130. The average Bonchev–Trinajstić information content (AvgIpc) is 2.42. The molecule has 0 unspecified atom stereocenters. The fourth-order valence-corrected chi connectivity index (χ4v) is 3.27.